The van der Waals surface area contributed by atoms with Crippen LogP contribution in [0.15, 0.2) is 66.0 Å². The Balaban J connectivity index is 1.45. The smallest absolute Gasteiger partial charge is 0.417 e. The van der Waals surface area contributed by atoms with Gasteiger partial charge in [0.1, 0.15) is 6.10 Å². The Hall–Kier alpha value is -3.90. The van der Waals surface area contributed by atoms with E-state index in [1.54, 1.807) is 24.3 Å². The van der Waals surface area contributed by atoms with E-state index in [4.69, 9.17) is 9.47 Å². The second-order valence-electron chi connectivity index (χ2n) is 10.2. The van der Waals surface area contributed by atoms with Crippen molar-refractivity contribution < 1.29 is 31.8 Å². The highest BCUT2D eigenvalue weighted by Crippen LogP contribution is 2.37. The highest BCUT2D eigenvalue weighted by molar-refractivity contribution is 6.09. The third kappa shape index (κ3) is 6.71. The van der Waals surface area contributed by atoms with Crippen molar-refractivity contribution in [2.75, 3.05) is 56.7 Å². The highest BCUT2D eigenvalue weighted by atomic mass is 19.4. The molecule has 8 nitrogen and oxygen atoms in total. The molecule has 4 heterocycles. The zero-order valence-corrected chi connectivity index (χ0v) is 22.6. The van der Waals surface area contributed by atoms with Gasteiger partial charge >= 0.3 is 6.18 Å². The van der Waals surface area contributed by atoms with Crippen LogP contribution in [0.1, 0.15) is 12.8 Å². The number of carbonyl (C=O) groups is 1. The minimum Gasteiger partial charge on any atom is -0.474 e. The maximum atomic E-state index is 15.2. The maximum Gasteiger partial charge on any atom is 0.417 e. The van der Waals surface area contributed by atoms with Crippen molar-refractivity contribution in [3.8, 4) is 17.0 Å². The fourth-order valence-electron chi connectivity index (χ4n) is 4.94. The molecule has 41 heavy (non-hydrogen) atoms. The molecule has 0 radical (unpaired) electrons. The summed E-state index contributed by atoms with van der Waals surface area (Å²) in [5.74, 6) is -1.57. The van der Waals surface area contributed by atoms with Crippen molar-refractivity contribution in [1.82, 2.24) is 15.2 Å². The number of dihydropyridines is 1. The number of benzene rings is 1. The molecule has 1 aromatic carbocycles. The Labute approximate surface area is 235 Å². The highest BCUT2D eigenvalue weighted by Gasteiger charge is 2.40. The van der Waals surface area contributed by atoms with Gasteiger partial charge in [-0.3, -0.25) is 4.79 Å². The van der Waals surface area contributed by atoms with E-state index in [-0.39, 0.29) is 28.9 Å². The van der Waals surface area contributed by atoms with Crippen molar-refractivity contribution in [1.29, 1.82) is 0 Å². The predicted octanol–water partition coefficient (Wildman–Crippen LogP) is 4.63. The Bertz CT molecular complexity index is 1380. The number of aromatic nitrogens is 1. The monoisotopic (exact) mass is 573 g/mol. The van der Waals surface area contributed by atoms with Gasteiger partial charge in [0.2, 0.25) is 11.8 Å². The molecule has 0 unspecified atom stereocenters. The van der Waals surface area contributed by atoms with Gasteiger partial charge in [-0.05, 0) is 36.9 Å². The minimum absolute atomic E-state index is 0.0150. The number of likely N-dealkylation sites (N-methyl/N-ethyl adjacent to an activating group) is 1. The molecule has 0 atom stereocenters. The van der Waals surface area contributed by atoms with Crippen LogP contribution in [0.25, 0.3) is 11.1 Å². The van der Waals surface area contributed by atoms with E-state index in [9.17, 15) is 18.0 Å². The van der Waals surface area contributed by atoms with Crippen LogP contribution >= 0.6 is 0 Å². The van der Waals surface area contributed by atoms with Crippen LogP contribution in [0.3, 0.4) is 0 Å². The van der Waals surface area contributed by atoms with E-state index in [0.29, 0.717) is 50.4 Å². The summed E-state index contributed by atoms with van der Waals surface area (Å²) in [6.07, 6.45) is -1.72. The van der Waals surface area contributed by atoms with Gasteiger partial charge in [0.25, 0.3) is 5.91 Å². The van der Waals surface area contributed by atoms with Crippen LogP contribution in [-0.4, -0.2) is 74.5 Å². The summed E-state index contributed by atoms with van der Waals surface area (Å²) in [6.45, 7) is 7.46. The molecule has 5 rings (SSSR count). The molecule has 3 aliphatic heterocycles. The number of nitrogens with one attached hydrogen (secondary N) is 2. The van der Waals surface area contributed by atoms with E-state index in [0.717, 1.165) is 25.4 Å². The van der Waals surface area contributed by atoms with Crippen molar-refractivity contribution in [3.05, 3.63) is 72.0 Å². The largest absolute Gasteiger partial charge is 0.474 e. The van der Waals surface area contributed by atoms with Gasteiger partial charge in [-0.25, -0.2) is 0 Å². The summed E-state index contributed by atoms with van der Waals surface area (Å²) >= 11 is 0. The summed E-state index contributed by atoms with van der Waals surface area (Å²) in [7, 11) is 2.00. The Kier molecular flexibility index (Phi) is 8.32. The molecule has 2 N–H and O–H groups in total. The number of nitrogens with zero attached hydrogens (tertiary/aromatic N) is 3. The zero-order valence-electron chi connectivity index (χ0n) is 22.6. The lowest BCUT2D eigenvalue weighted by atomic mass is 10.0. The molecule has 2 aromatic rings. The first kappa shape index (κ1) is 28.6. The number of hydrogen-bond donors (Lipinski definition) is 2. The minimum atomic E-state index is -4.76. The molecule has 0 aliphatic carbocycles. The first-order valence-electron chi connectivity index (χ1n) is 13.3. The molecule has 2 fully saturated rings. The summed E-state index contributed by atoms with van der Waals surface area (Å²) in [6, 6.07) is 8.10. The normalized spacial score (nSPS) is 18.9. The van der Waals surface area contributed by atoms with E-state index in [1.165, 1.54) is 6.07 Å². The molecule has 1 amide bonds. The molecular formula is C29H31F4N5O3. The van der Waals surface area contributed by atoms with Gasteiger partial charge in [0, 0.05) is 62.5 Å². The summed E-state index contributed by atoms with van der Waals surface area (Å²) in [5.41, 5.74) is -0.234. The van der Waals surface area contributed by atoms with Crippen molar-refractivity contribution in [2.24, 2.45) is 0 Å². The van der Waals surface area contributed by atoms with Crippen LogP contribution in [0.4, 0.5) is 28.9 Å². The number of anilines is 2. The van der Waals surface area contributed by atoms with Crippen LogP contribution in [0.5, 0.6) is 5.88 Å². The quantitative estimate of drug-likeness (QED) is 0.386. The number of ether oxygens (including phenoxy) is 2. The Morgan fingerprint density at radius 1 is 1.15 bits per heavy atom. The molecule has 12 heteroatoms. The third-order valence-corrected chi connectivity index (χ3v) is 7.24. The van der Waals surface area contributed by atoms with E-state index >= 15 is 4.39 Å². The molecule has 0 bridgehead atoms. The molecule has 0 spiro atoms. The lowest BCUT2D eigenvalue weighted by molar-refractivity contribution is -0.115. The Morgan fingerprint density at radius 3 is 2.56 bits per heavy atom. The average Bonchev–Trinajstić information content (AvgIpc) is 2.94. The number of pyridine rings is 1. The first-order chi connectivity index (χ1) is 19.6. The number of amides is 1. The topological polar surface area (TPSA) is 79.0 Å². The molecule has 1 aromatic heterocycles. The van der Waals surface area contributed by atoms with Gasteiger partial charge in [0.05, 0.1) is 35.7 Å². The molecule has 2 saturated heterocycles. The number of rotatable bonds is 6. The van der Waals surface area contributed by atoms with Crippen LogP contribution in [-0.2, 0) is 9.53 Å². The van der Waals surface area contributed by atoms with Crippen LogP contribution in [0, 0.1) is 5.95 Å². The number of halogens is 4. The fraction of sp³-hybridized carbons (Fsp3) is 0.379. The van der Waals surface area contributed by atoms with E-state index < -0.39 is 29.2 Å². The number of allylic oxidation sites excluding steroid dienone is 1. The Morgan fingerprint density at radius 2 is 1.88 bits per heavy atom. The summed E-state index contributed by atoms with van der Waals surface area (Å²) < 4.78 is 67.6. The molecule has 0 saturated carbocycles. The maximum absolute atomic E-state index is 15.2. The first-order valence-corrected chi connectivity index (χ1v) is 13.3. The SMILES string of the molecule is C=C1C=C(C(F)(F)F)C(C(=O)Nc2cc(-c3ccc(OC4CCOCC4)nc3F)ccc2N2CCN(C)CC2)=CN1. The standard InChI is InChI=1S/C29H31F4N5O3/c1-18-15-23(29(31,32)33)22(17-34-18)28(39)35-24-16-19(3-5-25(24)38-11-9-37(2)10-12-38)21-4-6-26(36-27(21)30)41-20-7-13-40-14-8-20/h3-6,15-17,20,34H,1,7-14H2,2H3,(H,35,39). The average molecular weight is 574 g/mol. The number of carbonyl (C=O) groups excluding carboxylic acids is 1. The van der Waals surface area contributed by atoms with Crippen molar-refractivity contribution >= 4 is 17.3 Å². The molecule has 3 aliphatic rings. The zero-order chi connectivity index (χ0) is 29.1. The lowest BCUT2D eigenvalue weighted by Crippen LogP contribution is -2.44. The van der Waals surface area contributed by atoms with Gasteiger partial charge in [-0.2, -0.15) is 22.5 Å². The van der Waals surface area contributed by atoms with Crippen LogP contribution in [0.2, 0.25) is 0 Å². The van der Waals surface area contributed by atoms with Gasteiger partial charge in [-0.15, -0.1) is 0 Å². The van der Waals surface area contributed by atoms with E-state index in [1.807, 2.05) is 11.9 Å². The number of hydrogen-bond acceptors (Lipinski definition) is 7. The lowest BCUT2D eigenvalue weighted by Gasteiger charge is -2.35. The van der Waals surface area contributed by atoms with Crippen molar-refractivity contribution in [3.63, 3.8) is 0 Å². The number of piperazine rings is 1. The van der Waals surface area contributed by atoms with Crippen molar-refractivity contribution in [2.45, 2.75) is 25.1 Å². The van der Waals surface area contributed by atoms with Gasteiger partial charge < -0.3 is 29.9 Å². The molecular weight excluding hydrogens is 542 g/mol. The van der Waals surface area contributed by atoms with E-state index in [2.05, 4.69) is 27.1 Å². The molecule has 218 valence electrons. The third-order valence-electron chi connectivity index (χ3n) is 7.24. The summed E-state index contributed by atoms with van der Waals surface area (Å²) in [4.78, 5) is 21.4. The van der Waals surface area contributed by atoms with Gasteiger partial charge in [0.15, 0.2) is 0 Å². The second kappa shape index (κ2) is 11.9. The predicted molar refractivity (Wildman–Crippen MR) is 147 cm³/mol. The van der Waals surface area contributed by atoms with Crippen LogP contribution < -0.4 is 20.3 Å². The number of alkyl halides is 3. The summed E-state index contributed by atoms with van der Waals surface area (Å²) in [5, 5.41) is 5.22. The second-order valence-corrected chi connectivity index (χ2v) is 10.2. The van der Waals surface area contributed by atoms with Gasteiger partial charge in [-0.1, -0.05) is 12.6 Å². The fourth-order valence-corrected chi connectivity index (χ4v) is 4.94.